The molecule has 5 heteroatoms. The van der Waals surface area contributed by atoms with Crippen molar-refractivity contribution in [2.24, 2.45) is 5.10 Å². The van der Waals surface area contributed by atoms with Crippen LogP contribution < -0.4 is 10.5 Å². The SMILES string of the molecule is Cc1nc2ccccc2c(=O)n1/N=C/c1ccc(N(C)c2ccccc2)cc1. The zero-order valence-corrected chi connectivity index (χ0v) is 15.8. The minimum atomic E-state index is -0.167. The number of nitrogens with zero attached hydrogens (tertiary/aromatic N) is 4. The Morgan fingerprint density at radius 1 is 0.893 bits per heavy atom. The number of anilines is 2. The maximum Gasteiger partial charge on any atom is 0.282 e. The largest absolute Gasteiger partial charge is 0.345 e. The van der Waals surface area contributed by atoms with Crippen LogP contribution in [0.5, 0.6) is 0 Å². The molecule has 0 fully saturated rings. The number of rotatable bonds is 4. The van der Waals surface area contributed by atoms with Crippen LogP contribution in [0.25, 0.3) is 10.9 Å². The van der Waals surface area contributed by atoms with Crippen LogP contribution in [0.3, 0.4) is 0 Å². The first-order chi connectivity index (χ1) is 13.6. The number of hydrogen-bond acceptors (Lipinski definition) is 4. The summed E-state index contributed by atoms with van der Waals surface area (Å²) in [5.41, 5.74) is 3.62. The molecular weight excluding hydrogens is 348 g/mol. The molecule has 0 N–H and O–H groups in total. The lowest BCUT2D eigenvalue weighted by Gasteiger charge is -2.19. The summed E-state index contributed by atoms with van der Waals surface area (Å²) in [5.74, 6) is 0.556. The maximum atomic E-state index is 12.7. The van der Waals surface area contributed by atoms with Gasteiger partial charge >= 0.3 is 0 Å². The molecule has 0 amide bonds. The fourth-order valence-corrected chi connectivity index (χ4v) is 3.08. The van der Waals surface area contributed by atoms with Crippen molar-refractivity contribution in [3.8, 4) is 0 Å². The van der Waals surface area contributed by atoms with Gasteiger partial charge in [-0.25, -0.2) is 4.98 Å². The third-order valence-corrected chi connectivity index (χ3v) is 4.66. The molecule has 0 radical (unpaired) electrons. The molecule has 4 aromatic rings. The Labute approximate surface area is 163 Å². The molecule has 1 aromatic heterocycles. The number of benzene rings is 3. The summed E-state index contributed by atoms with van der Waals surface area (Å²) in [7, 11) is 2.03. The van der Waals surface area contributed by atoms with Crippen LogP contribution in [0.1, 0.15) is 11.4 Å². The van der Waals surface area contributed by atoms with Gasteiger partial charge in [-0.2, -0.15) is 9.78 Å². The van der Waals surface area contributed by atoms with Gasteiger partial charge in [0.15, 0.2) is 0 Å². The molecule has 0 aliphatic heterocycles. The topological polar surface area (TPSA) is 50.5 Å². The zero-order valence-electron chi connectivity index (χ0n) is 15.8. The zero-order chi connectivity index (χ0) is 19.5. The Morgan fingerprint density at radius 2 is 1.54 bits per heavy atom. The van der Waals surface area contributed by atoms with Gasteiger partial charge in [0.05, 0.1) is 17.1 Å². The van der Waals surface area contributed by atoms with Crippen LogP contribution in [0.15, 0.2) is 88.8 Å². The number of fused-ring (bicyclic) bond motifs is 1. The smallest absolute Gasteiger partial charge is 0.282 e. The third kappa shape index (κ3) is 3.42. The van der Waals surface area contributed by atoms with Crippen LogP contribution in [0.4, 0.5) is 11.4 Å². The second-order valence-electron chi connectivity index (χ2n) is 6.52. The summed E-state index contributed by atoms with van der Waals surface area (Å²) < 4.78 is 1.34. The average molecular weight is 368 g/mol. The van der Waals surface area contributed by atoms with Gasteiger partial charge in [0.25, 0.3) is 5.56 Å². The molecule has 0 bridgehead atoms. The van der Waals surface area contributed by atoms with E-state index in [1.165, 1.54) is 4.68 Å². The molecule has 1 heterocycles. The lowest BCUT2D eigenvalue weighted by molar-refractivity contribution is 0.771. The minimum Gasteiger partial charge on any atom is -0.345 e. The summed E-state index contributed by atoms with van der Waals surface area (Å²) in [4.78, 5) is 19.2. The highest BCUT2D eigenvalue weighted by atomic mass is 16.1. The Bertz CT molecular complexity index is 1190. The Morgan fingerprint density at radius 3 is 2.29 bits per heavy atom. The van der Waals surface area contributed by atoms with Gasteiger partial charge in [-0.15, -0.1) is 0 Å². The van der Waals surface area contributed by atoms with E-state index < -0.39 is 0 Å². The van der Waals surface area contributed by atoms with Gasteiger partial charge in [-0.05, 0) is 48.9 Å². The van der Waals surface area contributed by atoms with E-state index in [9.17, 15) is 4.79 Å². The van der Waals surface area contributed by atoms with Gasteiger partial charge in [0.2, 0.25) is 0 Å². The minimum absolute atomic E-state index is 0.167. The monoisotopic (exact) mass is 368 g/mol. The molecule has 3 aromatic carbocycles. The van der Waals surface area contributed by atoms with Crippen molar-refractivity contribution in [3.05, 3.63) is 101 Å². The predicted octanol–water partition coefficient (Wildman–Crippen LogP) is 4.36. The molecule has 4 rings (SSSR count). The van der Waals surface area contributed by atoms with E-state index in [0.29, 0.717) is 16.7 Å². The molecule has 0 atom stereocenters. The van der Waals surface area contributed by atoms with Crippen molar-refractivity contribution < 1.29 is 0 Å². The third-order valence-electron chi connectivity index (χ3n) is 4.66. The van der Waals surface area contributed by atoms with Crippen LogP contribution in [-0.2, 0) is 0 Å². The van der Waals surface area contributed by atoms with Crippen molar-refractivity contribution in [2.45, 2.75) is 6.92 Å². The van der Waals surface area contributed by atoms with E-state index in [1.807, 2.05) is 67.7 Å². The predicted molar refractivity (Wildman–Crippen MR) is 115 cm³/mol. The molecule has 0 aliphatic carbocycles. The molecule has 0 unspecified atom stereocenters. The van der Waals surface area contributed by atoms with Crippen molar-refractivity contribution in [1.29, 1.82) is 0 Å². The van der Waals surface area contributed by atoms with Crippen molar-refractivity contribution in [2.75, 3.05) is 11.9 Å². The fourth-order valence-electron chi connectivity index (χ4n) is 3.08. The lowest BCUT2D eigenvalue weighted by Crippen LogP contribution is -2.20. The van der Waals surface area contributed by atoms with Crippen LogP contribution in [-0.4, -0.2) is 22.9 Å². The lowest BCUT2D eigenvalue weighted by atomic mass is 10.2. The summed E-state index contributed by atoms with van der Waals surface area (Å²) >= 11 is 0. The average Bonchev–Trinajstić information content (AvgIpc) is 2.74. The highest BCUT2D eigenvalue weighted by Gasteiger charge is 2.06. The molecule has 0 spiro atoms. The van der Waals surface area contributed by atoms with Gasteiger partial charge in [0.1, 0.15) is 5.82 Å². The molecule has 0 saturated heterocycles. The van der Waals surface area contributed by atoms with Gasteiger partial charge < -0.3 is 4.90 Å². The van der Waals surface area contributed by atoms with E-state index >= 15 is 0 Å². The van der Waals surface area contributed by atoms with Gasteiger partial charge in [-0.1, -0.05) is 42.5 Å². The molecule has 0 saturated carbocycles. The van der Waals surface area contributed by atoms with Crippen molar-refractivity contribution >= 4 is 28.5 Å². The van der Waals surface area contributed by atoms with E-state index in [0.717, 1.165) is 16.9 Å². The quantitative estimate of drug-likeness (QED) is 0.503. The molecule has 28 heavy (non-hydrogen) atoms. The molecule has 138 valence electrons. The molecule has 0 aliphatic rings. The normalized spacial score (nSPS) is 11.2. The summed E-state index contributed by atoms with van der Waals surface area (Å²) in [6, 6.07) is 25.5. The summed E-state index contributed by atoms with van der Waals surface area (Å²) in [5, 5.41) is 4.92. The highest BCUT2D eigenvalue weighted by Crippen LogP contribution is 2.22. The summed E-state index contributed by atoms with van der Waals surface area (Å²) in [6.45, 7) is 1.78. The van der Waals surface area contributed by atoms with E-state index in [4.69, 9.17) is 0 Å². The first-order valence-corrected chi connectivity index (χ1v) is 9.05. The standard InChI is InChI=1S/C23H20N4O/c1-17-25-22-11-7-6-10-21(22)23(28)27(17)24-16-18-12-14-20(15-13-18)26(2)19-8-4-3-5-9-19/h3-16H,1-2H3/b24-16+. The van der Waals surface area contributed by atoms with E-state index in [-0.39, 0.29) is 5.56 Å². The second kappa shape index (κ2) is 7.48. The number of aryl methyl sites for hydroxylation is 1. The Balaban J connectivity index is 1.61. The van der Waals surface area contributed by atoms with Gasteiger partial charge in [-0.3, -0.25) is 4.79 Å². The number of hydrogen-bond donors (Lipinski definition) is 0. The van der Waals surface area contributed by atoms with Crippen LogP contribution in [0, 0.1) is 6.92 Å². The fraction of sp³-hybridized carbons (Fsp3) is 0.0870. The van der Waals surface area contributed by atoms with Gasteiger partial charge in [0, 0.05) is 18.4 Å². The van der Waals surface area contributed by atoms with Crippen LogP contribution in [0.2, 0.25) is 0 Å². The highest BCUT2D eigenvalue weighted by molar-refractivity contribution is 5.81. The Kier molecular flexibility index (Phi) is 4.72. The maximum absolute atomic E-state index is 12.7. The Hall–Kier alpha value is -3.73. The molecule has 5 nitrogen and oxygen atoms in total. The van der Waals surface area contributed by atoms with Crippen molar-refractivity contribution in [3.63, 3.8) is 0 Å². The summed E-state index contributed by atoms with van der Waals surface area (Å²) in [6.07, 6.45) is 1.68. The second-order valence-corrected chi connectivity index (χ2v) is 6.52. The first-order valence-electron chi connectivity index (χ1n) is 9.05. The molecular formula is C23H20N4O. The number of aromatic nitrogens is 2. The first kappa shape index (κ1) is 17.7. The number of para-hydroxylation sites is 2. The van der Waals surface area contributed by atoms with Crippen molar-refractivity contribution in [1.82, 2.24) is 9.66 Å². The van der Waals surface area contributed by atoms with E-state index in [1.54, 1.807) is 19.2 Å². The van der Waals surface area contributed by atoms with Crippen LogP contribution >= 0.6 is 0 Å². The van der Waals surface area contributed by atoms with E-state index in [2.05, 4.69) is 27.1 Å².